The van der Waals surface area contributed by atoms with Crippen molar-refractivity contribution >= 4 is 5.97 Å². The van der Waals surface area contributed by atoms with Gasteiger partial charge in [-0.25, -0.2) is 4.79 Å². The number of rotatable bonds is 2. The molecule has 0 aliphatic heterocycles. The molecule has 92 valence electrons. The third-order valence-electron chi connectivity index (χ3n) is 2.79. The van der Waals surface area contributed by atoms with Crippen LogP contribution in [0.4, 0.5) is 0 Å². The van der Waals surface area contributed by atoms with Gasteiger partial charge in [0.15, 0.2) is 6.20 Å². The minimum atomic E-state index is -0.505. The van der Waals surface area contributed by atoms with Gasteiger partial charge >= 0.3 is 5.97 Å². The second kappa shape index (κ2) is 4.87. The highest BCUT2D eigenvalue weighted by Gasteiger charge is 2.18. The largest absolute Gasteiger partial charge is 0.618 e. The van der Waals surface area contributed by atoms with Crippen molar-refractivity contribution in [1.82, 2.24) is 0 Å². The Labute approximate surface area is 105 Å². The van der Waals surface area contributed by atoms with Gasteiger partial charge in [0, 0.05) is 12.5 Å². The van der Waals surface area contributed by atoms with E-state index in [4.69, 9.17) is 0 Å². The van der Waals surface area contributed by atoms with Crippen molar-refractivity contribution in [3.05, 3.63) is 59.1 Å². The Morgan fingerprint density at radius 1 is 1.22 bits per heavy atom. The Hall–Kier alpha value is -2.36. The van der Waals surface area contributed by atoms with Crippen LogP contribution in [0.25, 0.3) is 11.1 Å². The van der Waals surface area contributed by atoms with Gasteiger partial charge in [-0.15, -0.1) is 0 Å². The number of carbonyl (C=O) groups is 1. The van der Waals surface area contributed by atoms with Crippen LogP contribution in [0.1, 0.15) is 16.1 Å². The Morgan fingerprint density at radius 3 is 2.50 bits per heavy atom. The zero-order valence-corrected chi connectivity index (χ0v) is 10.2. The molecule has 0 bridgehead atoms. The first-order chi connectivity index (χ1) is 8.63. The van der Waals surface area contributed by atoms with Gasteiger partial charge in [0.2, 0.25) is 5.69 Å². The van der Waals surface area contributed by atoms with Crippen LogP contribution in [0.15, 0.2) is 42.6 Å². The number of ether oxygens (including phenoxy) is 1. The number of nitrogens with zero attached hydrogens (tertiary/aromatic N) is 1. The summed E-state index contributed by atoms with van der Waals surface area (Å²) >= 11 is 0. The summed E-state index contributed by atoms with van der Waals surface area (Å²) < 4.78 is 5.36. The molecule has 0 fully saturated rings. The van der Waals surface area contributed by atoms with Gasteiger partial charge in [0.25, 0.3) is 0 Å². The molecular formula is C14H13NO3. The molecule has 0 saturated heterocycles. The highest BCUT2D eigenvalue weighted by atomic mass is 16.5. The van der Waals surface area contributed by atoms with Gasteiger partial charge in [-0.3, -0.25) is 0 Å². The molecule has 1 heterocycles. The van der Waals surface area contributed by atoms with Gasteiger partial charge < -0.3 is 9.94 Å². The van der Waals surface area contributed by atoms with Crippen LogP contribution in [0.5, 0.6) is 0 Å². The van der Waals surface area contributed by atoms with Crippen LogP contribution < -0.4 is 4.73 Å². The minimum absolute atomic E-state index is 0.286. The molecule has 2 aromatic rings. The summed E-state index contributed by atoms with van der Waals surface area (Å²) in [4.78, 5) is 11.6. The molecule has 0 unspecified atom stereocenters. The number of methoxy groups -OCH3 is 1. The van der Waals surface area contributed by atoms with E-state index in [1.807, 2.05) is 30.3 Å². The summed E-state index contributed by atoms with van der Waals surface area (Å²) in [5.74, 6) is -0.505. The monoisotopic (exact) mass is 243 g/mol. The first kappa shape index (κ1) is 12.1. The van der Waals surface area contributed by atoms with Crippen molar-refractivity contribution in [2.45, 2.75) is 6.92 Å². The summed E-state index contributed by atoms with van der Waals surface area (Å²) in [5, 5.41) is 11.8. The first-order valence-corrected chi connectivity index (χ1v) is 5.51. The summed E-state index contributed by atoms with van der Waals surface area (Å²) in [6, 6.07) is 11.1. The number of carbonyl (C=O) groups excluding carboxylic acids is 1. The molecule has 0 aliphatic rings. The molecule has 0 N–H and O–H groups in total. The topological polar surface area (TPSA) is 53.2 Å². The summed E-state index contributed by atoms with van der Waals surface area (Å²) in [5.41, 5.74) is 2.19. The molecule has 1 aromatic heterocycles. The molecule has 1 aromatic carbocycles. The molecule has 0 saturated carbocycles. The maximum atomic E-state index is 11.8. The lowest BCUT2D eigenvalue weighted by Gasteiger charge is -2.08. The molecule has 18 heavy (non-hydrogen) atoms. The summed E-state index contributed by atoms with van der Waals surface area (Å²) in [6.07, 6.45) is 1.46. The Balaban J connectivity index is 2.58. The average molecular weight is 243 g/mol. The number of hydrogen-bond acceptors (Lipinski definition) is 3. The maximum absolute atomic E-state index is 11.8. The van der Waals surface area contributed by atoms with E-state index in [1.165, 1.54) is 13.3 Å². The summed E-state index contributed by atoms with van der Waals surface area (Å²) in [7, 11) is 1.30. The molecule has 4 heteroatoms. The fourth-order valence-corrected chi connectivity index (χ4v) is 1.74. The fraction of sp³-hybridized carbons (Fsp3) is 0.143. The van der Waals surface area contributed by atoms with E-state index >= 15 is 0 Å². The second-order valence-electron chi connectivity index (χ2n) is 3.91. The Kier molecular flexibility index (Phi) is 3.28. The Morgan fingerprint density at radius 2 is 1.89 bits per heavy atom. The van der Waals surface area contributed by atoms with Crippen LogP contribution in [0.2, 0.25) is 0 Å². The average Bonchev–Trinajstić information content (AvgIpc) is 2.41. The lowest BCUT2D eigenvalue weighted by molar-refractivity contribution is -0.611. The number of pyridine rings is 1. The van der Waals surface area contributed by atoms with E-state index in [0.29, 0.717) is 16.0 Å². The van der Waals surface area contributed by atoms with Crippen molar-refractivity contribution in [3.8, 4) is 11.1 Å². The Bertz CT molecular complexity index is 579. The predicted octanol–water partition coefficient (Wildman–Crippen LogP) is 2.08. The SMILES string of the molecule is COC(=O)c1cc(-c2ccccc2)c[n+]([O-])c1C. The van der Waals surface area contributed by atoms with Crippen molar-refractivity contribution in [2.75, 3.05) is 7.11 Å². The van der Waals surface area contributed by atoms with E-state index in [1.54, 1.807) is 13.0 Å². The molecule has 0 atom stereocenters. The quantitative estimate of drug-likeness (QED) is 0.461. The molecule has 0 radical (unpaired) electrons. The normalized spacial score (nSPS) is 10.1. The minimum Gasteiger partial charge on any atom is -0.618 e. The number of aromatic nitrogens is 1. The van der Waals surface area contributed by atoms with Crippen molar-refractivity contribution in [3.63, 3.8) is 0 Å². The number of esters is 1. The molecule has 0 aliphatic carbocycles. The van der Waals surface area contributed by atoms with Crippen molar-refractivity contribution < 1.29 is 14.3 Å². The molecule has 2 rings (SSSR count). The van der Waals surface area contributed by atoms with Crippen LogP contribution in [0, 0.1) is 12.1 Å². The summed E-state index contributed by atoms with van der Waals surface area (Å²) in [6.45, 7) is 1.59. The lowest BCUT2D eigenvalue weighted by atomic mass is 10.0. The van der Waals surface area contributed by atoms with Crippen LogP contribution in [-0.4, -0.2) is 13.1 Å². The molecule has 0 spiro atoms. The van der Waals surface area contributed by atoms with Gasteiger partial charge in [0.1, 0.15) is 5.56 Å². The van der Waals surface area contributed by atoms with Crippen molar-refractivity contribution in [2.24, 2.45) is 0 Å². The fourth-order valence-electron chi connectivity index (χ4n) is 1.74. The van der Waals surface area contributed by atoms with E-state index in [9.17, 15) is 10.0 Å². The number of hydrogen-bond donors (Lipinski definition) is 0. The first-order valence-electron chi connectivity index (χ1n) is 5.51. The van der Waals surface area contributed by atoms with Gasteiger partial charge in [-0.1, -0.05) is 30.3 Å². The smallest absolute Gasteiger partial charge is 0.344 e. The second-order valence-corrected chi connectivity index (χ2v) is 3.91. The molecule has 0 amide bonds. The number of benzene rings is 1. The zero-order chi connectivity index (χ0) is 13.1. The maximum Gasteiger partial charge on any atom is 0.344 e. The van der Waals surface area contributed by atoms with Gasteiger partial charge in [-0.05, 0) is 11.6 Å². The highest BCUT2D eigenvalue weighted by molar-refractivity contribution is 5.91. The van der Waals surface area contributed by atoms with Crippen LogP contribution >= 0.6 is 0 Å². The van der Waals surface area contributed by atoms with Crippen molar-refractivity contribution in [1.29, 1.82) is 0 Å². The van der Waals surface area contributed by atoms with E-state index in [-0.39, 0.29) is 5.56 Å². The van der Waals surface area contributed by atoms with E-state index in [2.05, 4.69) is 4.74 Å². The van der Waals surface area contributed by atoms with Gasteiger partial charge in [-0.2, -0.15) is 4.73 Å². The lowest BCUT2D eigenvalue weighted by Crippen LogP contribution is -2.32. The van der Waals surface area contributed by atoms with E-state index in [0.717, 1.165) is 5.56 Å². The third kappa shape index (κ3) is 2.18. The van der Waals surface area contributed by atoms with Crippen LogP contribution in [0.3, 0.4) is 0 Å². The predicted molar refractivity (Wildman–Crippen MR) is 66.9 cm³/mol. The molecular weight excluding hydrogens is 230 g/mol. The molecule has 4 nitrogen and oxygen atoms in total. The zero-order valence-electron chi connectivity index (χ0n) is 10.2. The highest BCUT2D eigenvalue weighted by Crippen LogP contribution is 2.20. The standard InChI is InChI=1S/C14H13NO3/c1-10-13(14(16)18-2)8-12(9-15(10)17)11-6-4-3-5-7-11/h3-9H,1-2H3. The van der Waals surface area contributed by atoms with E-state index < -0.39 is 5.97 Å². The van der Waals surface area contributed by atoms with Crippen LogP contribution in [-0.2, 0) is 4.74 Å². The van der Waals surface area contributed by atoms with Gasteiger partial charge in [0.05, 0.1) is 7.11 Å². The third-order valence-corrected chi connectivity index (χ3v) is 2.79.